The van der Waals surface area contributed by atoms with E-state index in [-0.39, 0.29) is 0 Å². The van der Waals surface area contributed by atoms with Crippen molar-refractivity contribution in [1.82, 2.24) is 14.5 Å². The molecule has 4 aromatic heterocycles. The summed E-state index contributed by atoms with van der Waals surface area (Å²) in [6, 6.07) is 48.5. The van der Waals surface area contributed by atoms with Gasteiger partial charge in [-0.3, -0.25) is 4.57 Å². The molecule has 0 atom stereocenters. The number of thiophene rings is 1. The Labute approximate surface area is 261 Å². The predicted octanol–water partition coefficient (Wildman–Crippen LogP) is 11.2. The Morgan fingerprint density at radius 2 is 1.13 bits per heavy atom. The lowest BCUT2D eigenvalue weighted by atomic mass is 10.0. The van der Waals surface area contributed by atoms with Crippen LogP contribution in [0.1, 0.15) is 0 Å². The summed E-state index contributed by atoms with van der Waals surface area (Å²) < 4.78 is 11.5. The van der Waals surface area contributed by atoms with E-state index in [1.165, 1.54) is 25.6 Å². The van der Waals surface area contributed by atoms with E-state index in [9.17, 15) is 0 Å². The summed E-state index contributed by atoms with van der Waals surface area (Å²) in [5, 5.41) is 6.93. The van der Waals surface area contributed by atoms with Crippen molar-refractivity contribution in [3.63, 3.8) is 0 Å². The number of benzene rings is 6. The molecule has 5 heteroatoms. The van der Waals surface area contributed by atoms with Gasteiger partial charge in [-0.2, -0.15) is 0 Å². The van der Waals surface area contributed by atoms with E-state index in [1.807, 2.05) is 29.5 Å². The van der Waals surface area contributed by atoms with Crippen molar-refractivity contribution >= 4 is 75.3 Å². The number of rotatable bonds is 3. The zero-order chi connectivity index (χ0) is 29.5. The second-order valence-corrected chi connectivity index (χ2v) is 12.4. The van der Waals surface area contributed by atoms with E-state index < -0.39 is 0 Å². The van der Waals surface area contributed by atoms with E-state index in [4.69, 9.17) is 14.4 Å². The zero-order valence-electron chi connectivity index (χ0n) is 23.9. The van der Waals surface area contributed by atoms with E-state index in [1.54, 1.807) is 0 Å². The number of hydrogen-bond acceptors (Lipinski definition) is 4. The molecule has 0 aliphatic rings. The summed E-state index contributed by atoms with van der Waals surface area (Å²) in [5.41, 5.74) is 7.76. The lowest BCUT2D eigenvalue weighted by molar-refractivity contribution is 0.673. The van der Waals surface area contributed by atoms with E-state index >= 15 is 0 Å². The molecule has 0 saturated carbocycles. The first-order valence-electron chi connectivity index (χ1n) is 15.0. The molecule has 4 heterocycles. The van der Waals surface area contributed by atoms with Crippen molar-refractivity contribution in [2.75, 3.05) is 0 Å². The van der Waals surface area contributed by atoms with E-state index in [0.29, 0.717) is 5.95 Å². The van der Waals surface area contributed by atoms with Gasteiger partial charge in [-0.05, 0) is 24.3 Å². The molecule has 10 aromatic rings. The summed E-state index contributed by atoms with van der Waals surface area (Å²) in [6.45, 7) is 0. The Balaban J connectivity index is 1.45. The number of aromatic nitrogens is 3. The third-order valence-electron chi connectivity index (χ3n) is 8.81. The normalized spacial score (nSPS) is 12.0. The Kier molecular flexibility index (Phi) is 5.12. The van der Waals surface area contributed by atoms with Crippen LogP contribution >= 0.6 is 11.3 Å². The Bertz CT molecular complexity index is 2670. The van der Waals surface area contributed by atoms with Crippen LogP contribution in [0.2, 0.25) is 0 Å². The van der Waals surface area contributed by atoms with Gasteiger partial charge in [-0.15, -0.1) is 11.3 Å². The summed E-state index contributed by atoms with van der Waals surface area (Å²) in [7, 11) is 0. The quantitative estimate of drug-likeness (QED) is 0.205. The minimum absolute atomic E-state index is 0.633. The molecule has 45 heavy (non-hydrogen) atoms. The lowest BCUT2D eigenvalue weighted by Gasteiger charge is -2.12. The van der Waals surface area contributed by atoms with Crippen LogP contribution in [-0.4, -0.2) is 14.5 Å². The fourth-order valence-corrected chi connectivity index (χ4v) is 8.13. The molecule has 6 aromatic carbocycles. The van der Waals surface area contributed by atoms with Gasteiger partial charge >= 0.3 is 0 Å². The standard InChI is InChI=1S/C40H23N3OS/c1-3-13-24(14-4-1)29-23-30(25-15-5-2-6-16-25)42-40(41-29)43-31-20-10-7-17-26(31)34-37(43)35-28-19-9-12-22-33(28)45-39(35)36-27-18-8-11-21-32(27)44-38(34)36/h1-23H. The van der Waals surface area contributed by atoms with Crippen LogP contribution in [0.15, 0.2) is 144 Å². The number of furan rings is 1. The molecule has 10 rings (SSSR count). The summed E-state index contributed by atoms with van der Waals surface area (Å²) in [6.07, 6.45) is 0. The van der Waals surface area contributed by atoms with Crippen molar-refractivity contribution in [2.45, 2.75) is 0 Å². The van der Waals surface area contributed by atoms with Crippen LogP contribution in [0.25, 0.3) is 92.4 Å². The van der Waals surface area contributed by atoms with Gasteiger partial charge in [0, 0.05) is 47.5 Å². The molecule has 0 radical (unpaired) electrons. The lowest BCUT2D eigenvalue weighted by Crippen LogP contribution is -2.04. The molecule has 0 aliphatic carbocycles. The maximum Gasteiger partial charge on any atom is 0.235 e. The average molecular weight is 594 g/mol. The van der Waals surface area contributed by atoms with Crippen molar-refractivity contribution < 1.29 is 4.42 Å². The first kappa shape index (κ1) is 24.6. The SMILES string of the molecule is c1ccc(-c2cc(-c3ccccc3)nc(-n3c4ccccc4c4c5oc6ccccc6c5c5sc6ccccc6c5c43)n2)cc1. The van der Waals surface area contributed by atoms with Gasteiger partial charge in [0.1, 0.15) is 11.2 Å². The van der Waals surface area contributed by atoms with Crippen molar-refractivity contribution in [3.8, 4) is 28.5 Å². The monoisotopic (exact) mass is 593 g/mol. The number of nitrogens with zero attached hydrogens (tertiary/aromatic N) is 3. The molecule has 0 unspecified atom stereocenters. The minimum Gasteiger partial charge on any atom is -0.455 e. The molecule has 0 N–H and O–H groups in total. The van der Waals surface area contributed by atoms with Crippen LogP contribution in [0.4, 0.5) is 0 Å². The number of fused-ring (bicyclic) bond motifs is 12. The topological polar surface area (TPSA) is 43.9 Å². The zero-order valence-corrected chi connectivity index (χ0v) is 24.8. The smallest absolute Gasteiger partial charge is 0.235 e. The van der Waals surface area contributed by atoms with Crippen LogP contribution in [0, 0.1) is 0 Å². The Hall–Kier alpha value is -5.78. The van der Waals surface area contributed by atoms with Crippen molar-refractivity contribution in [2.24, 2.45) is 0 Å². The molecule has 0 fully saturated rings. The van der Waals surface area contributed by atoms with Crippen LogP contribution in [0.5, 0.6) is 0 Å². The largest absolute Gasteiger partial charge is 0.455 e. The second-order valence-electron chi connectivity index (χ2n) is 11.4. The summed E-state index contributed by atoms with van der Waals surface area (Å²) in [5.74, 6) is 0.633. The third kappa shape index (κ3) is 3.53. The van der Waals surface area contributed by atoms with Crippen LogP contribution in [-0.2, 0) is 0 Å². The van der Waals surface area contributed by atoms with Gasteiger partial charge in [0.15, 0.2) is 0 Å². The molecule has 0 aliphatic heterocycles. The third-order valence-corrected chi connectivity index (χ3v) is 10.00. The number of para-hydroxylation sites is 2. The summed E-state index contributed by atoms with van der Waals surface area (Å²) >= 11 is 1.83. The highest BCUT2D eigenvalue weighted by Gasteiger charge is 2.26. The molecule has 0 amide bonds. The first-order chi connectivity index (χ1) is 22.3. The molecular weight excluding hydrogens is 571 g/mol. The molecule has 0 bridgehead atoms. The summed E-state index contributed by atoms with van der Waals surface area (Å²) in [4.78, 5) is 10.6. The highest BCUT2D eigenvalue weighted by Crippen LogP contribution is 2.50. The minimum atomic E-state index is 0.633. The van der Waals surface area contributed by atoms with Gasteiger partial charge in [0.2, 0.25) is 5.95 Å². The van der Waals surface area contributed by atoms with Crippen molar-refractivity contribution in [3.05, 3.63) is 140 Å². The highest BCUT2D eigenvalue weighted by molar-refractivity contribution is 7.27. The Morgan fingerprint density at radius 3 is 1.87 bits per heavy atom. The van der Waals surface area contributed by atoms with E-state index in [2.05, 4.69) is 126 Å². The second kappa shape index (κ2) is 9.36. The highest BCUT2D eigenvalue weighted by atomic mass is 32.1. The van der Waals surface area contributed by atoms with E-state index in [0.717, 1.165) is 60.9 Å². The van der Waals surface area contributed by atoms with Gasteiger partial charge in [-0.1, -0.05) is 115 Å². The van der Waals surface area contributed by atoms with Gasteiger partial charge in [0.25, 0.3) is 0 Å². The maximum atomic E-state index is 6.77. The average Bonchev–Trinajstić information content (AvgIpc) is 3.78. The van der Waals surface area contributed by atoms with Crippen molar-refractivity contribution in [1.29, 1.82) is 0 Å². The van der Waals surface area contributed by atoms with Gasteiger partial charge < -0.3 is 4.42 Å². The van der Waals surface area contributed by atoms with Crippen LogP contribution < -0.4 is 0 Å². The molecular formula is C40H23N3OS. The fourth-order valence-electron chi connectivity index (χ4n) is 6.87. The number of hydrogen-bond donors (Lipinski definition) is 0. The Morgan fingerprint density at radius 1 is 0.533 bits per heavy atom. The predicted molar refractivity (Wildman–Crippen MR) is 187 cm³/mol. The molecule has 0 spiro atoms. The molecule has 4 nitrogen and oxygen atoms in total. The van der Waals surface area contributed by atoms with Gasteiger partial charge in [-0.25, -0.2) is 9.97 Å². The molecule has 210 valence electrons. The fraction of sp³-hybridized carbons (Fsp3) is 0. The van der Waals surface area contributed by atoms with Crippen LogP contribution in [0.3, 0.4) is 0 Å². The first-order valence-corrected chi connectivity index (χ1v) is 15.8. The maximum absolute atomic E-state index is 6.77. The van der Waals surface area contributed by atoms with Gasteiger partial charge in [0.05, 0.1) is 27.8 Å². The molecule has 0 saturated heterocycles.